The van der Waals surface area contributed by atoms with Crippen LogP contribution in [0, 0.1) is 0 Å². The van der Waals surface area contributed by atoms with Crippen molar-refractivity contribution in [3.05, 3.63) is 52.9 Å². The van der Waals surface area contributed by atoms with Crippen LogP contribution >= 0.6 is 15.9 Å². The van der Waals surface area contributed by atoms with Crippen molar-refractivity contribution in [1.29, 1.82) is 0 Å². The predicted octanol–water partition coefficient (Wildman–Crippen LogP) is 3.77. The third-order valence-electron chi connectivity index (χ3n) is 3.92. The molecule has 3 nitrogen and oxygen atoms in total. The molecule has 0 saturated heterocycles. The van der Waals surface area contributed by atoms with E-state index in [9.17, 15) is 0 Å². The Morgan fingerprint density at radius 3 is 2.79 bits per heavy atom. The van der Waals surface area contributed by atoms with Gasteiger partial charge in [0.1, 0.15) is 5.82 Å². The van der Waals surface area contributed by atoms with Crippen molar-refractivity contribution < 1.29 is 0 Å². The fraction of sp³-hybridized carbons (Fsp3) is 0.333. The lowest BCUT2D eigenvalue weighted by atomic mass is 9.64. The molecule has 19 heavy (non-hydrogen) atoms. The highest BCUT2D eigenvalue weighted by atomic mass is 79.9. The molecule has 98 valence electrons. The lowest BCUT2D eigenvalue weighted by Crippen LogP contribution is -2.41. The van der Waals surface area contributed by atoms with Crippen LogP contribution in [0.2, 0.25) is 0 Å². The van der Waals surface area contributed by atoms with Gasteiger partial charge in [0.2, 0.25) is 0 Å². The van der Waals surface area contributed by atoms with E-state index in [0.29, 0.717) is 0 Å². The van der Waals surface area contributed by atoms with Gasteiger partial charge in [0.25, 0.3) is 0 Å². The van der Waals surface area contributed by atoms with E-state index in [-0.39, 0.29) is 5.41 Å². The summed E-state index contributed by atoms with van der Waals surface area (Å²) < 4.78 is 1.15. The Labute approximate surface area is 121 Å². The second-order valence-electron chi connectivity index (χ2n) is 5.09. The van der Waals surface area contributed by atoms with Crippen LogP contribution in [-0.4, -0.2) is 16.5 Å². The molecule has 0 aliphatic heterocycles. The molecule has 0 amide bonds. The summed E-state index contributed by atoms with van der Waals surface area (Å²) in [7, 11) is 0. The number of nitrogens with zero attached hydrogens (tertiary/aromatic N) is 2. The van der Waals surface area contributed by atoms with Crippen LogP contribution < -0.4 is 5.32 Å². The number of anilines is 1. The Bertz CT molecular complexity index is 552. The van der Waals surface area contributed by atoms with E-state index in [1.54, 1.807) is 18.6 Å². The molecular formula is C15H16BrN3. The molecule has 0 radical (unpaired) electrons. The third-order valence-corrected chi connectivity index (χ3v) is 4.41. The van der Waals surface area contributed by atoms with Gasteiger partial charge in [0.15, 0.2) is 0 Å². The highest BCUT2D eigenvalue weighted by Crippen LogP contribution is 2.44. The van der Waals surface area contributed by atoms with E-state index in [4.69, 9.17) is 0 Å². The Morgan fingerprint density at radius 1 is 1.26 bits per heavy atom. The molecule has 3 rings (SSSR count). The Hall–Kier alpha value is -1.42. The Balaban J connectivity index is 1.77. The van der Waals surface area contributed by atoms with Crippen LogP contribution in [0.25, 0.3) is 0 Å². The fourth-order valence-corrected chi connectivity index (χ4v) is 3.04. The van der Waals surface area contributed by atoms with Crippen LogP contribution in [0.1, 0.15) is 24.8 Å². The maximum absolute atomic E-state index is 4.27. The second kappa shape index (κ2) is 5.29. The molecule has 1 aromatic heterocycles. The van der Waals surface area contributed by atoms with Gasteiger partial charge in [-0.3, -0.25) is 4.98 Å². The second-order valence-corrected chi connectivity index (χ2v) is 6.00. The smallest absolute Gasteiger partial charge is 0.144 e. The minimum atomic E-state index is 0.251. The van der Waals surface area contributed by atoms with Gasteiger partial charge in [-0.05, 0) is 30.5 Å². The van der Waals surface area contributed by atoms with Gasteiger partial charge in [-0.1, -0.05) is 34.5 Å². The van der Waals surface area contributed by atoms with Gasteiger partial charge in [-0.2, -0.15) is 0 Å². The highest BCUT2D eigenvalue weighted by molar-refractivity contribution is 9.10. The van der Waals surface area contributed by atoms with Gasteiger partial charge in [-0.25, -0.2) is 4.98 Å². The molecule has 1 N–H and O–H groups in total. The number of aromatic nitrogens is 2. The van der Waals surface area contributed by atoms with Crippen molar-refractivity contribution in [2.75, 3.05) is 11.9 Å². The molecule has 0 spiro atoms. The molecular weight excluding hydrogens is 302 g/mol. The molecule has 2 aromatic rings. The van der Waals surface area contributed by atoms with Crippen molar-refractivity contribution in [3.8, 4) is 0 Å². The summed E-state index contributed by atoms with van der Waals surface area (Å²) in [5.41, 5.74) is 1.66. The quantitative estimate of drug-likeness (QED) is 0.932. The molecule has 0 unspecified atom stereocenters. The Morgan fingerprint density at radius 2 is 2.16 bits per heavy atom. The zero-order valence-corrected chi connectivity index (χ0v) is 12.2. The van der Waals surface area contributed by atoms with Crippen LogP contribution in [0.15, 0.2) is 47.3 Å². The number of hydrogen-bond acceptors (Lipinski definition) is 3. The minimum Gasteiger partial charge on any atom is -0.368 e. The van der Waals surface area contributed by atoms with Gasteiger partial charge in [0.05, 0.1) is 6.20 Å². The van der Waals surface area contributed by atoms with E-state index in [1.807, 2.05) is 0 Å². The molecule has 1 saturated carbocycles. The topological polar surface area (TPSA) is 37.8 Å². The van der Waals surface area contributed by atoms with Crippen LogP contribution in [0.4, 0.5) is 5.82 Å². The SMILES string of the molecule is Brc1cccc(C2(CNc3cnccn3)CCC2)c1. The van der Waals surface area contributed by atoms with Gasteiger partial charge in [0, 0.05) is 28.8 Å². The first-order valence-corrected chi connectivity index (χ1v) is 7.34. The van der Waals surface area contributed by atoms with Crippen molar-refractivity contribution in [2.24, 2.45) is 0 Å². The number of halogens is 1. The zero-order chi connectivity index (χ0) is 13.1. The molecule has 4 heteroatoms. The van der Waals surface area contributed by atoms with Crippen molar-refractivity contribution in [2.45, 2.75) is 24.7 Å². The maximum Gasteiger partial charge on any atom is 0.144 e. The lowest BCUT2D eigenvalue weighted by Gasteiger charge is -2.42. The summed E-state index contributed by atoms with van der Waals surface area (Å²) >= 11 is 3.56. The summed E-state index contributed by atoms with van der Waals surface area (Å²) in [6.45, 7) is 0.919. The molecule has 1 fully saturated rings. The molecule has 1 aliphatic carbocycles. The first-order chi connectivity index (χ1) is 9.28. The minimum absolute atomic E-state index is 0.251. The highest BCUT2D eigenvalue weighted by Gasteiger charge is 2.38. The predicted molar refractivity (Wildman–Crippen MR) is 80.2 cm³/mol. The molecule has 1 aromatic carbocycles. The van der Waals surface area contributed by atoms with Crippen molar-refractivity contribution >= 4 is 21.7 Å². The van der Waals surface area contributed by atoms with Crippen molar-refractivity contribution in [3.63, 3.8) is 0 Å². The fourth-order valence-electron chi connectivity index (χ4n) is 2.64. The number of rotatable bonds is 4. The summed E-state index contributed by atoms with van der Waals surface area (Å²) in [5, 5.41) is 3.42. The lowest BCUT2D eigenvalue weighted by molar-refractivity contribution is 0.260. The number of nitrogens with one attached hydrogen (secondary N) is 1. The first-order valence-electron chi connectivity index (χ1n) is 6.54. The van der Waals surface area contributed by atoms with E-state index in [2.05, 4.69) is 55.5 Å². The average Bonchev–Trinajstić information content (AvgIpc) is 2.39. The van der Waals surface area contributed by atoms with E-state index < -0.39 is 0 Å². The van der Waals surface area contributed by atoms with Gasteiger partial charge < -0.3 is 5.32 Å². The van der Waals surface area contributed by atoms with E-state index in [0.717, 1.165) is 16.8 Å². The van der Waals surface area contributed by atoms with Crippen LogP contribution in [0.3, 0.4) is 0 Å². The molecule has 1 heterocycles. The van der Waals surface area contributed by atoms with Gasteiger partial charge >= 0.3 is 0 Å². The molecule has 0 atom stereocenters. The molecule has 1 aliphatic rings. The van der Waals surface area contributed by atoms with E-state index in [1.165, 1.54) is 24.8 Å². The maximum atomic E-state index is 4.27. The third kappa shape index (κ3) is 2.63. The summed E-state index contributed by atoms with van der Waals surface area (Å²) in [6, 6.07) is 8.65. The monoisotopic (exact) mass is 317 g/mol. The van der Waals surface area contributed by atoms with Gasteiger partial charge in [-0.15, -0.1) is 0 Å². The summed E-state index contributed by atoms with van der Waals surface area (Å²) in [5.74, 6) is 0.851. The standard InChI is InChI=1S/C15H16BrN3/c16-13-4-1-3-12(9-13)15(5-2-6-15)11-19-14-10-17-7-8-18-14/h1,3-4,7-10H,2,5-6,11H2,(H,18,19). The largest absolute Gasteiger partial charge is 0.368 e. The number of benzene rings is 1. The zero-order valence-electron chi connectivity index (χ0n) is 10.6. The summed E-state index contributed by atoms with van der Waals surface area (Å²) in [4.78, 5) is 8.35. The number of hydrogen-bond donors (Lipinski definition) is 1. The van der Waals surface area contributed by atoms with Crippen molar-refractivity contribution in [1.82, 2.24) is 9.97 Å². The Kier molecular flexibility index (Phi) is 3.51. The first kappa shape index (κ1) is 12.6. The van der Waals surface area contributed by atoms with E-state index >= 15 is 0 Å². The summed E-state index contributed by atoms with van der Waals surface area (Å²) in [6.07, 6.45) is 8.95. The average molecular weight is 318 g/mol. The normalized spacial score (nSPS) is 16.7. The van der Waals surface area contributed by atoms with Crippen LogP contribution in [-0.2, 0) is 5.41 Å². The van der Waals surface area contributed by atoms with Crippen LogP contribution in [0.5, 0.6) is 0 Å². The molecule has 0 bridgehead atoms.